The van der Waals surface area contributed by atoms with Gasteiger partial charge in [-0.1, -0.05) is 6.07 Å². The number of hydrogen-bond acceptors (Lipinski definition) is 5. The molecule has 0 bridgehead atoms. The molecule has 7 nitrogen and oxygen atoms in total. The van der Waals surface area contributed by atoms with Crippen molar-refractivity contribution in [2.75, 3.05) is 5.43 Å². The average molecular weight is 211 g/mol. The number of nitro groups is 1. The van der Waals surface area contributed by atoms with Gasteiger partial charge in [-0.15, -0.1) is 0 Å². The zero-order valence-corrected chi connectivity index (χ0v) is 7.64. The summed E-state index contributed by atoms with van der Waals surface area (Å²) in [6.45, 7) is 0. The van der Waals surface area contributed by atoms with Crippen molar-refractivity contribution in [3.8, 4) is 0 Å². The molecule has 4 N–H and O–H groups in total. The highest BCUT2D eigenvalue weighted by molar-refractivity contribution is 5.72. The Morgan fingerprint density at radius 2 is 2.27 bits per heavy atom. The molecule has 1 aromatic carbocycles. The van der Waals surface area contributed by atoms with Gasteiger partial charge >= 0.3 is 5.97 Å². The highest BCUT2D eigenvalue weighted by atomic mass is 16.6. The second kappa shape index (κ2) is 4.38. The Morgan fingerprint density at radius 3 is 2.73 bits per heavy atom. The van der Waals surface area contributed by atoms with Crippen LogP contribution in [0, 0.1) is 10.1 Å². The Balaban J connectivity index is 3.10. The molecule has 0 fully saturated rings. The number of nitrogen functional groups attached to an aromatic ring is 1. The minimum Gasteiger partial charge on any atom is -0.481 e. The number of nitro benzene ring substituents is 1. The van der Waals surface area contributed by atoms with Gasteiger partial charge in [0.05, 0.1) is 11.3 Å². The van der Waals surface area contributed by atoms with Crippen molar-refractivity contribution >= 4 is 17.3 Å². The number of carbonyl (C=O) groups is 1. The lowest BCUT2D eigenvalue weighted by molar-refractivity contribution is -0.384. The molecule has 7 heteroatoms. The van der Waals surface area contributed by atoms with Crippen LogP contribution in [0.2, 0.25) is 0 Å². The van der Waals surface area contributed by atoms with Crippen molar-refractivity contribution in [1.29, 1.82) is 0 Å². The fourth-order valence-electron chi connectivity index (χ4n) is 1.13. The molecule has 1 aromatic rings. The summed E-state index contributed by atoms with van der Waals surface area (Å²) in [7, 11) is 0. The molecule has 0 atom stereocenters. The van der Waals surface area contributed by atoms with Crippen molar-refractivity contribution in [2.45, 2.75) is 6.42 Å². The molecule has 0 aliphatic carbocycles. The number of carboxylic acids is 1. The van der Waals surface area contributed by atoms with Crippen LogP contribution in [0.1, 0.15) is 5.56 Å². The first-order chi connectivity index (χ1) is 7.04. The maximum Gasteiger partial charge on any atom is 0.307 e. The van der Waals surface area contributed by atoms with E-state index in [9.17, 15) is 14.9 Å². The third-order valence-electron chi connectivity index (χ3n) is 1.77. The second-order valence-electron chi connectivity index (χ2n) is 2.82. The quantitative estimate of drug-likeness (QED) is 0.379. The fraction of sp³-hybridized carbons (Fsp3) is 0.125. The molecule has 15 heavy (non-hydrogen) atoms. The SMILES string of the molecule is NNc1ccc(CC(=O)O)cc1[N+](=O)[O-]. The third kappa shape index (κ3) is 2.64. The third-order valence-corrected chi connectivity index (χ3v) is 1.77. The standard InChI is InChI=1S/C8H9N3O4/c9-10-6-2-1-5(4-8(12)13)3-7(6)11(14)15/h1-3,10H,4,9H2,(H,12,13). The second-order valence-corrected chi connectivity index (χ2v) is 2.82. The molecule has 0 spiro atoms. The first kappa shape index (κ1) is 10.9. The molecule has 0 saturated heterocycles. The molecule has 0 heterocycles. The Kier molecular flexibility index (Phi) is 3.19. The van der Waals surface area contributed by atoms with Crippen LogP contribution in [0.15, 0.2) is 18.2 Å². The summed E-state index contributed by atoms with van der Waals surface area (Å²) >= 11 is 0. The van der Waals surface area contributed by atoms with E-state index in [1.165, 1.54) is 18.2 Å². The lowest BCUT2D eigenvalue weighted by Gasteiger charge is -2.03. The van der Waals surface area contributed by atoms with E-state index in [1.54, 1.807) is 0 Å². The minimum atomic E-state index is -1.04. The Morgan fingerprint density at radius 1 is 1.60 bits per heavy atom. The van der Waals surface area contributed by atoms with E-state index in [0.717, 1.165) is 0 Å². The molecule has 0 aliphatic heterocycles. The Hall–Kier alpha value is -2.15. The lowest BCUT2D eigenvalue weighted by atomic mass is 10.1. The summed E-state index contributed by atoms with van der Waals surface area (Å²) in [4.78, 5) is 20.4. The minimum absolute atomic E-state index is 0.147. The maximum atomic E-state index is 10.6. The number of anilines is 1. The fourth-order valence-corrected chi connectivity index (χ4v) is 1.13. The van der Waals surface area contributed by atoms with Gasteiger partial charge in [-0.3, -0.25) is 20.8 Å². The number of nitrogens with one attached hydrogen (secondary N) is 1. The van der Waals surface area contributed by atoms with E-state index in [4.69, 9.17) is 10.9 Å². The number of carboxylic acid groups (broad SMARTS) is 1. The zero-order chi connectivity index (χ0) is 11.4. The average Bonchev–Trinajstić information content (AvgIpc) is 2.16. The molecule has 0 aromatic heterocycles. The zero-order valence-electron chi connectivity index (χ0n) is 7.64. The van der Waals surface area contributed by atoms with Crippen molar-refractivity contribution in [3.63, 3.8) is 0 Å². The van der Waals surface area contributed by atoms with Crippen LogP contribution in [-0.2, 0) is 11.2 Å². The first-order valence-corrected chi connectivity index (χ1v) is 4.00. The Labute approximate surface area is 84.6 Å². The number of aliphatic carboxylic acids is 1. The number of rotatable bonds is 4. The molecule has 1 rings (SSSR count). The summed E-state index contributed by atoms with van der Waals surface area (Å²) in [5.74, 6) is 4.03. The lowest BCUT2D eigenvalue weighted by Crippen LogP contribution is -2.09. The predicted molar refractivity (Wildman–Crippen MR) is 52.2 cm³/mol. The van der Waals surface area contributed by atoms with Gasteiger partial charge in [0, 0.05) is 6.07 Å². The van der Waals surface area contributed by atoms with Crippen LogP contribution >= 0.6 is 0 Å². The van der Waals surface area contributed by atoms with Gasteiger partial charge in [0.15, 0.2) is 0 Å². The largest absolute Gasteiger partial charge is 0.481 e. The summed E-state index contributed by atoms with van der Waals surface area (Å²) < 4.78 is 0. The molecule has 0 aliphatic rings. The summed E-state index contributed by atoms with van der Waals surface area (Å²) in [6.07, 6.45) is -0.258. The van der Waals surface area contributed by atoms with Gasteiger partial charge in [0.25, 0.3) is 5.69 Å². The molecular formula is C8H9N3O4. The highest BCUT2D eigenvalue weighted by Gasteiger charge is 2.14. The molecule has 0 saturated carbocycles. The molecule has 0 radical (unpaired) electrons. The van der Waals surface area contributed by atoms with Gasteiger partial charge in [-0.2, -0.15) is 0 Å². The van der Waals surface area contributed by atoms with E-state index in [1.807, 2.05) is 0 Å². The van der Waals surface area contributed by atoms with Crippen LogP contribution in [0.25, 0.3) is 0 Å². The van der Waals surface area contributed by atoms with Crippen molar-refractivity contribution in [3.05, 3.63) is 33.9 Å². The number of benzene rings is 1. The van der Waals surface area contributed by atoms with Crippen molar-refractivity contribution < 1.29 is 14.8 Å². The first-order valence-electron chi connectivity index (χ1n) is 4.00. The maximum absolute atomic E-state index is 10.6. The number of nitrogens with two attached hydrogens (primary N) is 1. The smallest absolute Gasteiger partial charge is 0.307 e. The van der Waals surface area contributed by atoms with Gasteiger partial charge in [0.1, 0.15) is 5.69 Å². The topological polar surface area (TPSA) is 118 Å². The van der Waals surface area contributed by atoms with E-state index < -0.39 is 10.9 Å². The number of nitrogens with zero attached hydrogens (tertiary/aromatic N) is 1. The predicted octanol–water partition coefficient (Wildman–Crippen LogP) is 0.508. The van der Waals surface area contributed by atoms with Crippen molar-refractivity contribution in [2.24, 2.45) is 5.84 Å². The molecular weight excluding hydrogens is 202 g/mol. The summed E-state index contributed by atoms with van der Waals surface area (Å²) in [5, 5.41) is 19.1. The Bertz CT molecular complexity index is 405. The number of hydrazine groups is 1. The van der Waals surface area contributed by atoms with Gasteiger partial charge in [-0.25, -0.2) is 0 Å². The summed E-state index contributed by atoms with van der Waals surface area (Å²) in [6, 6.07) is 4.02. The van der Waals surface area contributed by atoms with E-state index in [-0.39, 0.29) is 17.8 Å². The van der Waals surface area contributed by atoms with Crippen LogP contribution in [-0.4, -0.2) is 16.0 Å². The molecule has 80 valence electrons. The monoisotopic (exact) mass is 211 g/mol. The van der Waals surface area contributed by atoms with Crippen LogP contribution in [0.5, 0.6) is 0 Å². The van der Waals surface area contributed by atoms with E-state index >= 15 is 0 Å². The molecule has 0 unspecified atom stereocenters. The summed E-state index contributed by atoms with van der Waals surface area (Å²) in [5.41, 5.74) is 2.43. The molecule has 0 amide bonds. The van der Waals surface area contributed by atoms with Crippen LogP contribution < -0.4 is 11.3 Å². The normalized spacial score (nSPS) is 9.67. The van der Waals surface area contributed by atoms with Crippen LogP contribution in [0.3, 0.4) is 0 Å². The van der Waals surface area contributed by atoms with Crippen LogP contribution in [0.4, 0.5) is 11.4 Å². The van der Waals surface area contributed by atoms with E-state index in [2.05, 4.69) is 5.43 Å². The van der Waals surface area contributed by atoms with Crippen molar-refractivity contribution in [1.82, 2.24) is 0 Å². The highest BCUT2D eigenvalue weighted by Crippen LogP contribution is 2.24. The van der Waals surface area contributed by atoms with Gasteiger partial charge in [0.2, 0.25) is 0 Å². The van der Waals surface area contributed by atoms with E-state index in [0.29, 0.717) is 5.56 Å². The van der Waals surface area contributed by atoms with Gasteiger partial charge in [-0.05, 0) is 11.6 Å². The number of hydrogen-bond donors (Lipinski definition) is 3. The van der Waals surface area contributed by atoms with Gasteiger partial charge < -0.3 is 10.5 Å².